The molecule has 0 saturated heterocycles. The summed E-state index contributed by atoms with van der Waals surface area (Å²) in [6.07, 6.45) is -4.06. The van der Waals surface area contributed by atoms with Crippen molar-refractivity contribution >= 4 is 0 Å². The summed E-state index contributed by atoms with van der Waals surface area (Å²) in [5.74, 6) is -1.41. The Hall–Kier alpha value is -1.64. The van der Waals surface area contributed by atoms with Gasteiger partial charge in [0.2, 0.25) is 5.95 Å². The molecule has 0 aliphatic heterocycles. The average molecular weight is 190 g/mol. The quantitative estimate of drug-likeness (QED) is 0.464. The van der Waals surface area contributed by atoms with E-state index in [1.807, 2.05) is 0 Å². The van der Waals surface area contributed by atoms with E-state index in [9.17, 15) is 17.6 Å². The highest BCUT2D eigenvalue weighted by Crippen LogP contribution is 2.31. The fourth-order valence-corrected chi connectivity index (χ4v) is 0.779. The molecular weight excluding hydrogens is 188 g/mol. The Morgan fingerprint density at radius 3 is 2.38 bits per heavy atom. The Morgan fingerprint density at radius 2 is 2.00 bits per heavy atom. The highest BCUT2D eigenvalue weighted by molar-refractivity contribution is 5.37. The van der Waals surface area contributed by atoms with Crippen molar-refractivity contribution in [1.82, 2.24) is 4.98 Å². The van der Waals surface area contributed by atoms with E-state index in [4.69, 9.17) is 5.26 Å². The van der Waals surface area contributed by atoms with Crippen LogP contribution in [0.15, 0.2) is 12.3 Å². The number of nitriles is 1. The van der Waals surface area contributed by atoms with Gasteiger partial charge in [-0.1, -0.05) is 0 Å². The van der Waals surface area contributed by atoms with Gasteiger partial charge in [0.1, 0.15) is 11.6 Å². The molecule has 1 aromatic heterocycles. The molecule has 6 heteroatoms. The predicted octanol–water partition coefficient (Wildman–Crippen LogP) is 2.11. The van der Waals surface area contributed by atoms with Crippen LogP contribution in [0, 0.1) is 17.3 Å². The van der Waals surface area contributed by atoms with Crippen LogP contribution >= 0.6 is 0 Å². The first-order valence-electron chi connectivity index (χ1n) is 3.08. The van der Waals surface area contributed by atoms with Crippen molar-refractivity contribution in [2.45, 2.75) is 6.18 Å². The number of aromatic nitrogens is 1. The SMILES string of the molecule is N#Cc1c(C(F)(F)F)ccnc1F. The van der Waals surface area contributed by atoms with Crippen molar-refractivity contribution in [3.05, 3.63) is 29.3 Å². The fourth-order valence-electron chi connectivity index (χ4n) is 0.779. The van der Waals surface area contributed by atoms with Crippen molar-refractivity contribution in [2.24, 2.45) is 0 Å². The lowest BCUT2D eigenvalue weighted by atomic mass is 10.1. The van der Waals surface area contributed by atoms with Gasteiger partial charge in [-0.2, -0.15) is 22.8 Å². The van der Waals surface area contributed by atoms with Crippen LogP contribution < -0.4 is 0 Å². The molecule has 0 fully saturated rings. The summed E-state index contributed by atoms with van der Waals surface area (Å²) in [5, 5.41) is 8.23. The lowest BCUT2D eigenvalue weighted by Gasteiger charge is -2.07. The summed E-state index contributed by atoms with van der Waals surface area (Å²) in [4.78, 5) is 2.93. The first-order chi connectivity index (χ1) is 5.96. The zero-order valence-corrected chi connectivity index (χ0v) is 6.06. The van der Waals surface area contributed by atoms with Crippen LogP contribution in [0.1, 0.15) is 11.1 Å². The van der Waals surface area contributed by atoms with E-state index in [1.54, 1.807) is 0 Å². The number of pyridine rings is 1. The third kappa shape index (κ3) is 1.75. The van der Waals surface area contributed by atoms with Crippen LogP contribution in [0.3, 0.4) is 0 Å². The molecule has 0 saturated carbocycles. The minimum absolute atomic E-state index is 0.557. The lowest BCUT2D eigenvalue weighted by molar-refractivity contribution is -0.138. The van der Waals surface area contributed by atoms with Gasteiger partial charge in [0.15, 0.2) is 0 Å². The standard InChI is InChI=1S/C7H2F4N2/c8-6-4(3-12)5(1-2-13-6)7(9,10)11/h1-2H. The third-order valence-electron chi connectivity index (χ3n) is 1.32. The Bertz CT molecular complexity index is 364. The largest absolute Gasteiger partial charge is 0.417 e. The molecule has 0 bridgehead atoms. The van der Waals surface area contributed by atoms with E-state index in [0.29, 0.717) is 12.3 Å². The van der Waals surface area contributed by atoms with E-state index >= 15 is 0 Å². The fraction of sp³-hybridized carbons (Fsp3) is 0.143. The zero-order chi connectivity index (χ0) is 10.1. The van der Waals surface area contributed by atoms with E-state index in [1.165, 1.54) is 0 Å². The molecule has 0 amide bonds. The summed E-state index contributed by atoms with van der Waals surface area (Å²) in [6.45, 7) is 0. The molecule has 0 radical (unpaired) electrons. The van der Waals surface area contributed by atoms with Crippen molar-refractivity contribution < 1.29 is 17.6 Å². The van der Waals surface area contributed by atoms with Crippen molar-refractivity contribution in [2.75, 3.05) is 0 Å². The first-order valence-corrected chi connectivity index (χ1v) is 3.08. The third-order valence-corrected chi connectivity index (χ3v) is 1.32. The molecule has 0 spiro atoms. The van der Waals surface area contributed by atoms with Gasteiger partial charge in [-0.15, -0.1) is 0 Å². The highest BCUT2D eigenvalue weighted by Gasteiger charge is 2.35. The van der Waals surface area contributed by atoms with Crippen LogP contribution in [0.5, 0.6) is 0 Å². The van der Waals surface area contributed by atoms with Crippen molar-refractivity contribution in [1.29, 1.82) is 5.26 Å². The van der Waals surface area contributed by atoms with Gasteiger partial charge in [0, 0.05) is 6.20 Å². The number of hydrogen-bond donors (Lipinski definition) is 0. The molecule has 0 aliphatic rings. The molecular formula is C7H2F4N2. The Balaban J connectivity index is 3.40. The summed E-state index contributed by atoms with van der Waals surface area (Å²) in [5.41, 5.74) is -2.38. The molecule has 0 N–H and O–H groups in total. The van der Waals surface area contributed by atoms with Crippen LogP contribution in [0.25, 0.3) is 0 Å². The normalized spacial score (nSPS) is 11.0. The minimum atomic E-state index is -4.73. The first kappa shape index (κ1) is 9.45. The summed E-state index contributed by atoms with van der Waals surface area (Å²) in [7, 11) is 0. The number of nitrogens with zero attached hydrogens (tertiary/aromatic N) is 2. The average Bonchev–Trinajstić information content (AvgIpc) is 2.02. The Morgan fingerprint density at radius 1 is 1.38 bits per heavy atom. The maximum Gasteiger partial charge on any atom is 0.417 e. The highest BCUT2D eigenvalue weighted by atomic mass is 19.4. The second kappa shape index (κ2) is 3.01. The molecule has 13 heavy (non-hydrogen) atoms. The predicted molar refractivity (Wildman–Crippen MR) is 33.9 cm³/mol. The number of halogens is 4. The summed E-state index contributed by atoms with van der Waals surface area (Å²) < 4.78 is 48.8. The smallest absolute Gasteiger partial charge is 0.227 e. The Labute approximate surface area is 70.4 Å². The molecule has 0 unspecified atom stereocenters. The van der Waals surface area contributed by atoms with Gasteiger partial charge < -0.3 is 0 Å². The number of rotatable bonds is 0. The maximum atomic E-state index is 12.5. The van der Waals surface area contributed by atoms with Gasteiger partial charge in [-0.25, -0.2) is 4.98 Å². The van der Waals surface area contributed by atoms with Crippen LogP contribution in [0.4, 0.5) is 17.6 Å². The molecule has 1 heterocycles. The van der Waals surface area contributed by atoms with E-state index in [2.05, 4.69) is 4.98 Å². The number of alkyl halides is 3. The van der Waals surface area contributed by atoms with Gasteiger partial charge in [0.05, 0.1) is 5.56 Å². The zero-order valence-electron chi connectivity index (χ0n) is 6.06. The summed E-state index contributed by atoms with van der Waals surface area (Å²) >= 11 is 0. The van der Waals surface area contributed by atoms with Gasteiger partial charge in [-0.3, -0.25) is 0 Å². The number of hydrogen-bond acceptors (Lipinski definition) is 2. The van der Waals surface area contributed by atoms with Gasteiger partial charge in [-0.05, 0) is 6.07 Å². The maximum absolute atomic E-state index is 12.5. The minimum Gasteiger partial charge on any atom is -0.227 e. The monoisotopic (exact) mass is 190 g/mol. The van der Waals surface area contributed by atoms with Crippen molar-refractivity contribution in [3.63, 3.8) is 0 Å². The second-order valence-electron chi connectivity index (χ2n) is 2.13. The van der Waals surface area contributed by atoms with Crippen molar-refractivity contribution in [3.8, 4) is 6.07 Å². The molecule has 2 nitrogen and oxygen atoms in total. The van der Waals surface area contributed by atoms with Gasteiger partial charge >= 0.3 is 6.18 Å². The van der Waals surface area contributed by atoms with Gasteiger partial charge in [0.25, 0.3) is 0 Å². The second-order valence-corrected chi connectivity index (χ2v) is 2.13. The van der Waals surface area contributed by atoms with E-state index < -0.39 is 23.3 Å². The lowest BCUT2D eigenvalue weighted by Crippen LogP contribution is -2.09. The molecule has 0 atom stereocenters. The Kier molecular flexibility index (Phi) is 2.19. The summed E-state index contributed by atoms with van der Waals surface area (Å²) in [6, 6.07) is 1.67. The molecule has 1 rings (SSSR count). The van der Waals surface area contributed by atoms with E-state index in [-0.39, 0.29) is 0 Å². The van der Waals surface area contributed by atoms with E-state index in [0.717, 1.165) is 6.07 Å². The molecule has 1 aromatic rings. The van der Waals surface area contributed by atoms with Crippen LogP contribution in [0.2, 0.25) is 0 Å². The molecule has 68 valence electrons. The van der Waals surface area contributed by atoms with Crippen LogP contribution in [-0.4, -0.2) is 4.98 Å². The molecule has 0 aromatic carbocycles. The molecule has 0 aliphatic carbocycles. The topological polar surface area (TPSA) is 36.7 Å². The van der Waals surface area contributed by atoms with Crippen LogP contribution in [-0.2, 0) is 6.18 Å².